The zero-order chi connectivity index (χ0) is 14.3. The maximum absolute atomic E-state index is 12.1. The van der Waals surface area contributed by atoms with Crippen LogP contribution in [0.5, 0.6) is 0 Å². The van der Waals surface area contributed by atoms with E-state index in [0.29, 0.717) is 12.3 Å². The summed E-state index contributed by atoms with van der Waals surface area (Å²) < 4.78 is 7.90. The first-order chi connectivity index (χ1) is 9.61. The van der Waals surface area contributed by atoms with Crippen LogP contribution in [0.15, 0.2) is 28.7 Å². The van der Waals surface area contributed by atoms with E-state index in [2.05, 4.69) is 22.0 Å². The quantitative estimate of drug-likeness (QED) is 0.807. The minimum atomic E-state index is -0.586. The number of carbonyl (C=O) groups is 1. The maximum Gasteiger partial charge on any atom is 0.355 e. The second kappa shape index (κ2) is 4.64. The van der Waals surface area contributed by atoms with Crippen LogP contribution in [0.4, 0.5) is 0 Å². The van der Waals surface area contributed by atoms with E-state index in [-0.39, 0.29) is 5.97 Å². The van der Waals surface area contributed by atoms with Crippen molar-refractivity contribution in [1.29, 1.82) is 5.26 Å². The largest absolute Gasteiger partial charge is 0.461 e. The number of benzene rings is 1. The average Bonchev–Trinajstić information content (AvgIpc) is 3.13. The SMILES string of the molecule is CCOC(=O)c1cc2cc(Br)ccc2n1C1(C#N)CC1. The lowest BCUT2D eigenvalue weighted by Gasteiger charge is -2.14. The van der Waals surface area contributed by atoms with Gasteiger partial charge in [-0.25, -0.2) is 4.79 Å². The molecule has 1 heterocycles. The molecule has 0 unspecified atom stereocenters. The van der Waals surface area contributed by atoms with Gasteiger partial charge in [0.05, 0.1) is 18.2 Å². The maximum atomic E-state index is 12.1. The summed E-state index contributed by atoms with van der Waals surface area (Å²) in [4.78, 5) is 12.1. The lowest BCUT2D eigenvalue weighted by Crippen LogP contribution is -2.21. The van der Waals surface area contributed by atoms with Crippen LogP contribution < -0.4 is 0 Å². The molecule has 5 heteroatoms. The number of carbonyl (C=O) groups excluding carboxylic acids is 1. The molecule has 102 valence electrons. The van der Waals surface area contributed by atoms with Crippen LogP contribution >= 0.6 is 15.9 Å². The molecule has 2 aromatic rings. The van der Waals surface area contributed by atoms with Gasteiger partial charge in [-0.2, -0.15) is 5.26 Å². The molecule has 0 saturated heterocycles. The molecule has 20 heavy (non-hydrogen) atoms. The Kier molecular flexibility index (Phi) is 3.06. The van der Waals surface area contributed by atoms with Crippen molar-refractivity contribution in [3.8, 4) is 6.07 Å². The third kappa shape index (κ3) is 1.92. The van der Waals surface area contributed by atoms with Crippen LogP contribution in [0.25, 0.3) is 10.9 Å². The lowest BCUT2D eigenvalue weighted by molar-refractivity contribution is 0.0512. The van der Waals surface area contributed by atoms with Crippen LogP contribution in [0.3, 0.4) is 0 Å². The predicted octanol–water partition coefficient (Wildman–Crippen LogP) is 3.59. The first-order valence-electron chi connectivity index (χ1n) is 6.51. The Labute approximate surface area is 125 Å². The van der Waals surface area contributed by atoms with Crippen molar-refractivity contribution in [3.63, 3.8) is 0 Å². The number of rotatable bonds is 3. The first-order valence-corrected chi connectivity index (χ1v) is 7.30. The molecule has 1 aliphatic rings. The normalized spacial score (nSPS) is 15.8. The van der Waals surface area contributed by atoms with Crippen LogP contribution in [0, 0.1) is 11.3 Å². The smallest absolute Gasteiger partial charge is 0.355 e. The molecular weight excluding hydrogens is 320 g/mol. The molecule has 1 aliphatic carbocycles. The van der Waals surface area contributed by atoms with Crippen LogP contribution in [-0.2, 0) is 10.3 Å². The third-order valence-electron chi connectivity index (χ3n) is 3.61. The van der Waals surface area contributed by atoms with Gasteiger partial charge in [-0.05, 0) is 44.0 Å². The predicted molar refractivity (Wildman–Crippen MR) is 78.4 cm³/mol. The van der Waals surface area contributed by atoms with Gasteiger partial charge in [0.1, 0.15) is 11.2 Å². The second-order valence-electron chi connectivity index (χ2n) is 4.93. The topological polar surface area (TPSA) is 55.0 Å². The van der Waals surface area contributed by atoms with Crippen molar-refractivity contribution in [2.24, 2.45) is 0 Å². The Hall–Kier alpha value is -1.80. The van der Waals surface area contributed by atoms with E-state index in [4.69, 9.17) is 4.74 Å². The zero-order valence-electron chi connectivity index (χ0n) is 11.0. The Bertz CT molecular complexity index is 738. The summed E-state index contributed by atoms with van der Waals surface area (Å²) in [7, 11) is 0. The highest BCUT2D eigenvalue weighted by Crippen LogP contribution is 2.46. The van der Waals surface area contributed by atoms with Crippen molar-refractivity contribution in [3.05, 3.63) is 34.4 Å². The molecule has 0 radical (unpaired) electrons. The van der Waals surface area contributed by atoms with Gasteiger partial charge >= 0.3 is 5.97 Å². The fourth-order valence-electron chi connectivity index (χ4n) is 2.51. The number of halogens is 1. The third-order valence-corrected chi connectivity index (χ3v) is 4.10. The molecule has 4 nitrogen and oxygen atoms in total. The van der Waals surface area contributed by atoms with E-state index < -0.39 is 5.54 Å². The van der Waals surface area contributed by atoms with Crippen LogP contribution in [0.2, 0.25) is 0 Å². The summed E-state index contributed by atoms with van der Waals surface area (Å²) in [5.74, 6) is -0.374. The molecule has 1 saturated carbocycles. The first kappa shape index (κ1) is 13.2. The van der Waals surface area contributed by atoms with E-state index in [1.54, 1.807) is 13.0 Å². The van der Waals surface area contributed by atoms with E-state index in [0.717, 1.165) is 28.2 Å². The lowest BCUT2D eigenvalue weighted by atomic mass is 10.2. The minimum Gasteiger partial charge on any atom is -0.461 e. The average molecular weight is 333 g/mol. The fraction of sp³-hybridized carbons (Fsp3) is 0.333. The Morgan fingerprint density at radius 1 is 1.50 bits per heavy atom. The molecule has 1 fully saturated rings. The molecule has 1 aromatic heterocycles. The number of esters is 1. The number of aromatic nitrogens is 1. The molecule has 1 aromatic carbocycles. The highest BCUT2D eigenvalue weighted by molar-refractivity contribution is 9.10. The molecule has 0 aliphatic heterocycles. The van der Waals surface area contributed by atoms with Gasteiger partial charge in [0.2, 0.25) is 0 Å². The zero-order valence-corrected chi connectivity index (χ0v) is 12.6. The Morgan fingerprint density at radius 3 is 2.85 bits per heavy atom. The van der Waals surface area contributed by atoms with Gasteiger partial charge in [-0.1, -0.05) is 15.9 Å². The molecule has 0 spiro atoms. The molecular formula is C15H13BrN2O2. The van der Waals surface area contributed by atoms with E-state index in [1.165, 1.54) is 0 Å². The van der Waals surface area contributed by atoms with E-state index >= 15 is 0 Å². The molecule has 3 rings (SSSR count). The van der Waals surface area contributed by atoms with Gasteiger partial charge in [0.15, 0.2) is 0 Å². The van der Waals surface area contributed by atoms with Crippen LogP contribution in [-0.4, -0.2) is 17.1 Å². The van der Waals surface area contributed by atoms with Crippen molar-refractivity contribution in [1.82, 2.24) is 4.57 Å². The summed E-state index contributed by atoms with van der Waals surface area (Å²) in [5, 5.41) is 10.4. The van der Waals surface area contributed by atoms with Gasteiger partial charge in [-0.15, -0.1) is 0 Å². The monoisotopic (exact) mass is 332 g/mol. The highest BCUT2D eigenvalue weighted by Gasteiger charge is 2.47. The fourth-order valence-corrected chi connectivity index (χ4v) is 2.89. The van der Waals surface area contributed by atoms with Crippen molar-refractivity contribution in [2.75, 3.05) is 6.61 Å². The van der Waals surface area contributed by atoms with Crippen LogP contribution in [0.1, 0.15) is 30.3 Å². The number of hydrogen-bond donors (Lipinski definition) is 0. The van der Waals surface area contributed by atoms with Gasteiger partial charge < -0.3 is 9.30 Å². The van der Waals surface area contributed by atoms with Crippen molar-refractivity contribution < 1.29 is 9.53 Å². The number of fused-ring (bicyclic) bond motifs is 1. The highest BCUT2D eigenvalue weighted by atomic mass is 79.9. The standard InChI is InChI=1S/C15H13BrN2O2/c1-2-20-14(19)13-8-10-7-11(16)3-4-12(10)18(13)15(9-17)5-6-15/h3-4,7-8H,2,5-6H2,1H3. The summed E-state index contributed by atoms with van der Waals surface area (Å²) in [6.45, 7) is 2.10. The molecule has 0 amide bonds. The number of ether oxygens (including phenoxy) is 1. The number of hydrogen-bond acceptors (Lipinski definition) is 3. The van der Waals surface area contributed by atoms with Gasteiger partial charge in [-0.3, -0.25) is 0 Å². The summed E-state index contributed by atoms with van der Waals surface area (Å²) in [6, 6.07) is 9.94. The summed E-state index contributed by atoms with van der Waals surface area (Å²) in [5.41, 5.74) is 0.770. The number of nitriles is 1. The van der Waals surface area contributed by atoms with Gasteiger partial charge in [0.25, 0.3) is 0 Å². The number of nitrogens with zero attached hydrogens (tertiary/aromatic N) is 2. The molecule has 0 atom stereocenters. The Morgan fingerprint density at radius 2 is 2.25 bits per heavy atom. The minimum absolute atomic E-state index is 0.323. The van der Waals surface area contributed by atoms with Gasteiger partial charge in [0, 0.05) is 9.86 Å². The Balaban J connectivity index is 2.25. The van der Waals surface area contributed by atoms with Crippen molar-refractivity contribution >= 4 is 32.8 Å². The van der Waals surface area contributed by atoms with E-state index in [1.807, 2.05) is 22.8 Å². The van der Waals surface area contributed by atoms with Crippen molar-refractivity contribution in [2.45, 2.75) is 25.3 Å². The summed E-state index contributed by atoms with van der Waals surface area (Å²) >= 11 is 3.43. The summed E-state index contributed by atoms with van der Waals surface area (Å²) in [6.07, 6.45) is 1.55. The second-order valence-corrected chi connectivity index (χ2v) is 5.85. The van der Waals surface area contributed by atoms with E-state index in [9.17, 15) is 10.1 Å². The molecule has 0 bridgehead atoms. The molecule has 0 N–H and O–H groups in total.